The number of carbonyl (C=O) groups excluding carboxylic acids is 1. The molecule has 1 heterocycles. The number of benzene rings is 2. The maximum Gasteiger partial charge on any atom is 0.258 e. The molecule has 0 unspecified atom stereocenters. The molecule has 0 spiro atoms. The number of rotatable bonds is 4. The highest BCUT2D eigenvalue weighted by Crippen LogP contribution is 2.26. The summed E-state index contributed by atoms with van der Waals surface area (Å²) < 4.78 is 0. The lowest BCUT2D eigenvalue weighted by Crippen LogP contribution is -2.16. The Balaban J connectivity index is 1.70. The predicted molar refractivity (Wildman–Crippen MR) is 92.4 cm³/mol. The molecule has 7 heteroatoms. The number of aromatic hydroxyl groups is 1. The van der Waals surface area contributed by atoms with Crippen molar-refractivity contribution in [3.05, 3.63) is 63.7 Å². The van der Waals surface area contributed by atoms with Gasteiger partial charge in [-0.2, -0.15) is 0 Å². The Hall–Kier alpha value is -2.86. The van der Waals surface area contributed by atoms with Crippen molar-refractivity contribution < 1.29 is 9.90 Å². The van der Waals surface area contributed by atoms with Gasteiger partial charge in [-0.15, -0.1) is 0 Å². The van der Waals surface area contributed by atoms with E-state index in [4.69, 9.17) is 11.6 Å². The van der Waals surface area contributed by atoms with Gasteiger partial charge in [-0.3, -0.25) is 9.59 Å². The van der Waals surface area contributed by atoms with Crippen molar-refractivity contribution in [1.29, 1.82) is 0 Å². The number of carbonyl (C=O) groups is 1. The van der Waals surface area contributed by atoms with Crippen molar-refractivity contribution in [2.24, 2.45) is 0 Å². The van der Waals surface area contributed by atoms with E-state index in [1.54, 1.807) is 24.3 Å². The highest BCUT2D eigenvalue weighted by molar-refractivity contribution is 6.31. The number of nitrogens with one attached hydrogen (secondary N) is 2. The third-order valence-corrected chi connectivity index (χ3v) is 3.72. The molecule has 0 saturated heterocycles. The lowest BCUT2D eigenvalue weighted by Gasteiger charge is -2.08. The van der Waals surface area contributed by atoms with E-state index in [0.717, 1.165) is 0 Å². The van der Waals surface area contributed by atoms with E-state index in [1.807, 2.05) is 0 Å². The number of aryl methyl sites for hydroxylation is 1. The van der Waals surface area contributed by atoms with Crippen LogP contribution in [0.25, 0.3) is 10.9 Å². The van der Waals surface area contributed by atoms with Gasteiger partial charge in [0.15, 0.2) is 0 Å². The Morgan fingerprint density at radius 2 is 2.04 bits per heavy atom. The molecular formula is C17H14ClN3O3. The Labute approximate surface area is 142 Å². The number of phenolic OH excluding ortho intramolecular Hbond substituents is 1. The molecular weight excluding hydrogens is 330 g/mol. The first-order valence-corrected chi connectivity index (χ1v) is 7.67. The predicted octanol–water partition coefficient (Wildman–Crippen LogP) is 2.85. The number of phenols is 1. The van der Waals surface area contributed by atoms with E-state index in [-0.39, 0.29) is 35.7 Å². The smallest absolute Gasteiger partial charge is 0.258 e. The molecule has 2 aromatic carbocycles. The highest BCUT2D eigenvalue weighted by atomic mass is 35.5. The van der Waals surface area contributed by atoms with Crippen LogP contribution in [0, 0.1) is 0 Å². The fourth-order valence-electron chi connectivity index (χ4n) is 2.31. The fourth-order valence-corrected chi connectivity index (χ4v) is 2.48. The van der Waals surface area contributed by atoms with Crippen molar-refractivity contribution in [3.8, 4) is 5.75 Å². The maximum absolute atomic E-state index is 12.0. The van der Waals surface area contributed by atoms with Gasteiger partial charge in [-0.1, -0.05) is 23.7 Å². The molecule has 0 atom stereocenters. The summed E-state index contributed by atoms with van der Waals surface area (Å²) in [5.74, 6) is 0.0533. The number of anilines is 1. The highest BCUT2D eigenvalue weighted by Gasteiger charge is 2.09. The normalized spacial score (nSPS) is 10.7. The van der Waals surface area contributed by atoms with E-state index in [2.05, 4.69) is 15.3 Å². The van der Waals surface area contributed by atoms with E-state index in [1.165, 1.54) is 18.2 Å². The van der Waals surface area contributed by atoms with Gasteiger partial charge in [0.2, 0.25) is 5.91 Å². The molecule has 0 aliphatic heterocycles. The average Bonchev–Trinajstić information content (AvgIpc) is 2.56. The second kappa shape index (κ2) is 6.72. The molecule has 0 bridgehead atoms. The quantitative estimate of drug-likeness (QED) is 0.635. The number of aromatic amines is 1. The summed E-state index contributed by atoms with van der Waals surface area (Å²) >= 11 is 5.83. The van der Waals surface area contributed by atoms with Crippen LogP contribution in [0.3, 0.4) is 0 Å². The molecule has 6 nitrogen and oxygen atoms in total. The number of para-hydroxylation sites is 1. The van der Waals surface area contributed by atoms with E-state index in [9.17, 15) is 14.7 Å². The van der Waals surface area contributed by atoms with E-state index in [0.29, 0.717) is 21.7 Å². The zero-order chi connectivity index (χ0) is 17.1. The number of aromatic nitrogens is 2. The van der Waals surface area contributed by atoms with Crippen molar-refractivity contribution in [3.63, 3.8) is 0 Å². The molecule has 0 aliphatic carbocycles. The Kier molecular flexibility index (Phi) is 4.48. The summed E-state index contributed by atoms with van der Waals surface area (Å²) in [6.07, 6.45) is 0.375. The van der Waals surface area contributed by atoms with Gasteiger partial charge in [0.25, 0.3) is 5.56 Å². The molecule has 0 saturated carbocycles. The van der Waals surface area contributed by atoms with Crippen molar-refractivity contribution in [1.82, 2.24) is 9.97 Å². The zero-order valence-electron chi connectivity index (χ0n) is 12.5. The second-order valence-electron chi connectivity index (χ2n) is 5.24. The van der Waals surface area contributed by atoms with Crippen molar-refractivity contribution in [2.75, 3.05) is 5.32 Å². The minimum atomic E-state index is -0.316. The number of fused-ring (bicyclic) bond motifs is 1. The monoisotopic (exact) mass is 343 g/mol. The molecule has 3 N–H and O–H groups in total. The van der Waals surface area contributed by atoms with Crippen LogP contribution in [-0.2, 0) is 11.2 Å². The van der Waals surface area contributed by atoms with Crippen LogP contribution in [0.2, 0.25) is 5.02 Å². The standard InChI is InChI=1S/C17H14ClN3O3/c18-10-5-6-14(22)13(9-10)20-16(23)8-7-15-19-12-4-2-1-3-11(12)17(24)21-15/h1-6,9,22H,7-8H2,(H,20,23)(H,19,21,24). The summed E-state index contributed by atoms with van der Waals surface area (Å²) in [4.78, 5) is 31.0. The molecule has 0 fully saturated rings. The lowest BCUT2D eigenvalue weighted by atomic mass is 10.2. The van der Waals surface area contributed by atoms with Gasteiger partial charge < -0.3 is 15.4 Å². The van der Waals surface area contributed by atoms with Crippen LogP contribution < -0.4 is 10.9 Å². The zero-order valence-corrected chi connectivity index (χ0v) is 13.3. The SMILES string of the molecule is O=C(CCc1nc2ccccc2c(=O)[nH]1)Nc1cc(Cl)ccc1O. The maximum atomic E-state index is 12.0. The van der Waals surface area contributed by atoms with Crippen molar-refractivity contribution in [2.45, 2.75) is 12.8 Å². The summed E-state index contributed by atoms with van der Waals surface area (Å²) in [6, 6.07) is 11.4. The van der Waals surface area contributed by atoms with E-state index >= 15 is 0 Å². The fraction of sp³-hybridized carbons (Fsp3) is 0.118. The van der Waals surface area contributed by atoms with Gasteiger partial charge in [0.1, 0.15) is 11.6 Å². The van der Waals surface area contributed by atoms with Gasteiger partial charge in [-0.05, 0) is 30.3 Å². The number of halogens is 1. The summed E-state index contributed by atoms with van der Waals surface area (Å²) in [5.41, 5.74) is 0.597. The van der Waals surface area contributed by atoms with E-state index < -0.39 is 0 Å². The lowest BCUT2D eigenvalue weighted by molar-refractivity contribution is -0.116. The molecule has 122 valence electrons. The number of hydrogen-bond acceptors (Lipinski definition) is 4. The van der Waals surface area contributed by atoms with Crippen LogP contribution in [0.15, 0.2) is 47.3 Å². The number of amides is 1. The average molecular weight is 344 g/mol. The summed E-state index contributed by atoms with van der Waals surface area (Å²) in [7, 11) is 0. The van der Waals surface area contributed by atoms with Gasteiger partial charge in [0, 0.05) is 17.9 Å². The van der Waals surface area contributed by atoms with Crippen LogP contribution in [0.1, 0.15) is 12.2 Å². The number of H-pyrrole nitrogens is 1. The Bertz CT molecular complexity index is 969. The van der Waals surface area contributed by atoms with Gasteiger partial charge >= 0.3 is 0 Å². The summed E-state index contributed by atoms with van der Waals surface area (Å²) in [5, 5.41) is 13.2. The minimum absolute atomic E-state index is 0.0648. The molecule has 3 aromatic rings. The van der Waals surface area contributed by atoms with Crippen LogP contribution in [0.4, 0.5) is 5.69 Å². The molecule has 0 radical (unpaired) electrons. The molecule has 1 aromatic heterocycles. The Morgan fingerprint density at radius 3 is 2.88 bits per heavy atom. The first-order chi connectivity index (χ1) is 11.5. The first kappa shape index (κ1) is 16.0. The second-order valence-corrected chi connectivity index (χ2v) is 5.68. The van der Waals surface area contributed by atoms with Crippen molar-refractivity contribution >= 4 is 34.1 Å². The summed E-state index contributed by atoms with van der Waals surface area (Å²) in [6.45, 7) is 0. The minimum Gasteiger partial charge on any atom is -0.506 e. The van der Waals surface area contributed by atoms with Crippen LogP contribution >= 0.6 is 11.6 Å². The van der Waals surface area contributed by atoms with Gasteiger partial charge in [0.05, 0.1) is 16.6 Å². The largest absolute Gasteiger partial charge is 0.506 e. The molecule has 0 aliphatic rings. The molecule has 24 heavy (non-hydrogen) atoms. The first-order valence-electron chi connectivity index (χ1n) is 7.29. The van der Waals surface area contributed by atoms with Crippen LogP contribution in [0.5, 0.6) is 5.75 Å². The number of hydrogen-bond donors (Lipinski definition) is 3. The number of nitrogens with zero attached hydrogens (tertiary/aromatic N) is 1. The third kappa shape index (κ3) is 3.55. The third-order valence-electron chi connectivity index (χ3n) is 3.48. The Morgan fingerprint density at radius 1 is 1.25 bits per heavy atom. The molecule has 1 amide bonds. The van der Waals surface area contributed by atoms with Gasteiger partial charge in [-0.25, -0.2) is 4.98 Å². The van der Waals surface area contributed by atoms with Crippen LogP contribution in [-0.4, -0.2) is 21.0 Å². The topological polar surface area (TPSA) is 95.1 Å². The molecule has 3 rings (SSSR count).